The molecule has 1 saturated heterocycles. The molecule has 1 aliphatic heterocycles. The van der Waals surface area contributed by atoms with Gasteiger partial charge in [0.05, 0.1) is 5.88 Å². The van der Waals surface area contributed by atoms with Gasteiger partial charge >= 0.3 is 0 Å². The molecule has 2 heterocycles. The maximum Gasteiger partial charge on any atom is 0.0509 e. The predicted molar refractivity (Wildman–Crippen MR) is 77.5 cm³/mol. The van der Waals surface area contributed by atoms with E-state index in [9.17, 15) is 0 Å². The number of aryl methyl sites for hydroxylation is 1. The molecule has 0 spiro atoms. The number of nitrogens with zero attached hydrogens (tertiary/aromatic N) is 3. The highest BCUT2D eigenvalue weighted by molar-refractivity contribution is 6.17. The summed E-state index contributed by atoms with van der Waals surface area (Å²) in [7, 11) is 0. The quantitative estimate of drug-likeness (QED) is 0.785. The van der Waals surface area contributed by atoms with Crippen LogP contribution in [0.2, 0.25) is 0 Å². The molecule has 18 heavy (non-hydrogen) atoms. The van der Waals surface area contributed by atoms with E-state index in [0.29, 0.717) is 11.9 Å². The normalized spacial score (nSPS) is 17.5. The maximum absolute atomic E-state index is 6.01. The molecule has 1 aromatic heterocycles. The van der Waals surface area contributed by atoms with Gasteiger partial charge in [-0.15, -0.1) is 11.6 Å². The van der Waals surface area contributed by atoms with Gasteiger partial charge in [-0.1, -0.05) is 0 Å². The van der Waals surface area contributed by atoms with Crippen LogP contribution in [0, 0.1) is 6.92 Å². The number of pyridine rings is 1. The Kier molecular flexibility index (Phi) is 4.46. The van der Waals surface area contributed by atoms with Crippen molar-refractivity contribution in [2.75, 3.05) is 31.1 Å². The van der Waals surface area contributed by atoms with E-state index in [1.54, 1.807) is 0 Å². The molecule has 0 unspecified atom stereocenters. The van der Waals surface area contributed by atoms with Crippen molar-refractivity contribution in [3.63, 3.8) is 0 Å². The second kappa shape index (κ2) is 5.89. The minimum Gasteiger partial charge on any atom is -0.369 e. The molecule has 1 fully saturated rings. The number of anilines is 1. The van der Waals surface area contributed by atoms with E-state index in [-0.39, 0.29) is 0 Å². The lowest BCUT2D eigenvalue weighted by Gasteiger charge is -2.38. The highest BCUT2D eigenvalue weighted by Crippen LogP contribution is 2.24. The van der Waals surface area contributed by atoms with E-state index < -0.39 is 0 Å². The van der Waals surface area contributed by atoms with Crippen molar-refractivity contribution >= 4 is 17.3 Å². The van der Waals surface area contributed by atoms with E-state index in [1.807, 2.05) is 13.1 Å². The first-order chi connectivity index (χ1) is 8.61. The van der Waals surface area contributed by atoms with Crippen LogP contribution in [0.3, 0.4) is 0 Å². The fraction of sp³-hybridized carbons (Fsp3) is 0.643. The number of rotatable bonds is 3. The van der Waals surface area contributed by atoms with Crippen LogP contribution in [0.5, 0.6) is 0 Å². The van der Waals surface area contributed by atoms with E-state index >= 15 is 0 Å². The smallest absolute Gasteiger partial charge is 0.0509 e. The Morgan fingerprint density at radius 3 is 2.50 bits per heavy atom. The monoisotopic (exact) mass is 267 g/mol. The van der Waals surface area contributed by atoms with Crippen LogP contribution in [-0.2, 0) is 5.88 Å². The first-order valence-electron chi connectivity index (χ1n) is 6.62. The zero-order chi connectivity index (χ0) is 13.1. The van der Waals surface area contributed by atoms with Crippen LogP contribution in [0.25, 0.3) is 0 Å². The largest absolute Gasteiger partial charge is 0.369 e. The number of hydrogen-bond acceptors (Lipinski definition) is 3. The van der Waals surface area contributed by atoms with Crippen molar-refractivity contribution in [1.82, 2.24) is 9.88 Å². The van der Waals surface area contributed by atoms with Crippen molar-refractivity contribution in [1.29, 1.82) is 0 Å². The van der Waals surface area contributed by atoms with Gasteiger partial charge in [-0.25, -0.2) is 0 Å². The van der Waals surface area contributed by atoms with Gasteiger partial charge in [0.15, 0.2) is 0 Å². The Bertz CT molecular complexity index is 398. The summed E-state index contributed by atoms with van der Waals surface area (Å²) in [4.78, 5) is 9.28. The molecule has 2 rings (SSSR count). The molecule has 0 bridgehead atoms. The second-order valence-electron chi connectivity index (χ2n) is 5.20. The highest BCUT2D eigenvalue weighted by atomic mass is 35.5. The minimum absolute atomic E-state index is 0.535. The van der Waals surface area contributed by atoms with Crippen LogP contribution in [0.4, 0.5) is 5.69 Å². The summed E-state index contributed by atoms with van der Waals surface area (Å²) in [5.74, 6) is 0.535. The number of hydrogen-bond donors (Lipinski definition) is 0. The number of alkyl halides is 1. The zero-order valence-electron chi connectivity index (χ0n) is 11.5. The Hall–Kier alpha value is -0.800. The lowest BCUT2D eigenvalue weighted by atomic mass is 10.1. The fourth-order valence-electron chi connectivity index (χ4n) is 2.45. The summed E-state index contributed by atoms with van der Waals surface area (Å²) >= 11 is 6.01. The third kappa shape index (κ3) is 2.96. The van der Waals surface area contributed by atoms with Gasteiger partial charge in [0.25, 0.3) is 0 Å². The van der Waals surface area contributed by atoms with Gasteiger partial charge in [0.2, 0.25) is 0 Å². The van der Waals surface area contributed by atoms with Gasteiger partial charge in [-0.2, -0.15) is 0 Å². The average Bonchev–Trinajstić information content (AvgIpc) is 2.39. The molecule has 0 N–H and O–H groups in total. The highest BCUT2D eigenvalue weighted by Gasteiger charge is 2.20. The Morgan fingerprint density at radius 1 is 1.28 bits per heavy atom. The summed E-state index contributed by atoms with van der Waals surface area (Å²) in [5, 5.41) is 0. The molecule has 1 aliphatic rings. The molecule has 0 aromatic carbocycles. The van der Waals surface area contributed by atoms with Gasteiger partial charge in [0.1, 0.15) is 0 Å². The van der Waals surface area contributed by atoms with Crippen molar-refractivity contribution in [3.05, 3.63) is 23.5 Å². The maximum atomic E-state index is 6.01. The topological polar surface area (TPSA) is 19.4 Å². The Labute approximate surface area is 115 Å². The van der Waals surface area contributed by atoms with E-state index in [1.165, 1.54) is 5.69 Å². The Balaban J connectivity index is 2.11. The molecular formula is C14H22ClN3. The van der Waals surface area contributed by atoms with Crippen molar-refractivity contribution in [2.24, 2.45) is 0 Å². The van der Waals surface area contributed by atoms with E-state index in [0.717, 1.165) is 37.4 Å². The van der Waals surface area contributed by atoms with Gasteiger partial charge in [-0.3, -0.25) is 9.88 Å². The molecule has 0 radical (unpaired) electrons. The van der Waals surface area contributed by atoms with E-state index in [4.69, 9.17) is 11.6 Å². The fourth-order valence-corrected chi connectivity index (χ4v) is 2.66. The number of piperazine rings is 1. The van der Waals surface area contributed by atoms with Crippen LogP contribution >= 0.6 is 11.6 Å². The van der Waals surface area contributed by atoms with Gasteiger partial charge in [-0.05, 0) is 26.8 Å². The minimum atomic E-state index is 0.535. The summed E-state index contributed by atoms with van der Waals surface area (Å²) in [6, 6.07) is 2.79. The number of aromatic nitrogens is 1. The van der Waals surface area contributed by atoms with Crippen LogP contribution < -0.4 is 4.90 Å². The molecule has 0 atom stereocenters. The van der Waals surface area contributed by atoms with Gasteiger partial charge in [0, 0.05) is 55.4 Å². The van der Waals surface area contributed by atoms with Crippen LogP contribution in [0.1, 0.15) is 25.1 Å². The first-order valence-corrected chi connectivity index (χ1v) is 7.15. The molecular weight excluding hydrogens is 246 g/mol. The summed E-state index contributed by atoms with van der Waals surface area (Å²) in [6.07, 6.45) is 1.91. The molecule has 0 amide bonds. The second-order valence-corrected chi connectivity index (χ2v) is 5.47. The standard InChI is InChI=1S/C14H22ClN3/c1-11(2)17-4-6-18(7-5-17)14-8-12(3)16-10-13(14)9-15/h8,10-11H,4-7,9H2,1-3H3. The van der Waals surface area contributed by atoms with Crippen molar-refractivity contribution in [2.45, 2.75) is 32.7 Å². The predicted octanol–water partition coefficient (Wildman–Crippen LogP) is 2.66. The number of halogens is 1. The van der Waals surface area contributed by atoms with Crippen molar-refractivity contribution < 1.29 is 0 Å². The molecule has 1 aromatic rings. The lowest BCUT2D eigenvalue weighted by molar-refractivity contribution is 0.209. The summed E-state index contributed by atoms with van der Waals surface area (Å²) in [5.41, 5.74) is 3.46. The first kappa shape index (κ1) is 13.6. The van der Waals surface area contributed by atoms with Crippen molar-refractivity contribution in [3.8, 4) is 0 Å². The van der Waals surface area contributed by atoms with Gasteiger partial charge < -0.3 is 4.90 Å². The summed E-state index contributed by atoms with van der Waals surface area (Å²) in [6.45, 7) is 11.0. The SMILES string of the molecule is Cc1cc(N2CCN(C(C)C)CC2)c(CCl)cn1. The molecule has 100 valence electrons. The molecule has 0 aliphatic carbocycles. The van der Waals surface area contributed by atoms with Crippen LogP contribution in [-0.4, -0.2) is 42.1 Å². The summed E-state index contributed by atoms with van der Waals surface area (Å²) < 4.78 is 0. The van der Waals surface area contributed by atoms with Crippen LogP contribution in [0.15, 0.2) is 12.3 Å². The molecule has 0 saturated carbocycles. The zero-order valence-corrected chi connectivity index (χ0v) is 12.2. The van der Waals surface area contributed by atoms with E-state index in [2.05, 4.69) is 34.7 Å². The molecule has 3 nitrogen and oxygen atoms in total. The average molecular weight is 268 g/mol. The lowest BCUT2D eigenvalue weighted by Crippen LogP contribution is -2.49. The third-order valence-corrected chi connectivity index (χ3v) is 3.92. The Morgan fingerprint density at radius 2 is 1.94 bits per heavy atom. The third-order valence-electron chi connectivity index (χ3n) is 3.63. The molecule has 4 heteroatoms.